The Balaban J connectivity index is 3.04. The molecule has 0 radical (unpaired) electrons. The van der Waals surface area contributed by atoms with Crippen LogP contribution in [0.4, 0.5) is 23.4 Å². The van der Waals surface area contributed by atoms with Crippen LogP contribution in [0.15, 0.2) is 0 Å². The van der Waals surface area contributed by atoms with Crippen LogP contribution in [0.1, 0.15) is 32.2 Å². The molecule has 0 aromatic carbocycles. The number of rotatable bonds is 4. The Hall–Kier alpha value is -1.11. The lowest BCUT2D eigenvalue weighted by molar-refractivity contribution is -0.117. The molecular weight excluding hydrogens is 298 g/mol. The van der Waals surface area contributed by atoms with E-state index in [2.05, 4.69) is 15.3 Å². The number of hydrogen-bond donors (Lipinski definition) is 1. The largest absolute Gasteiger partial charge is 0.363 e. The molecule has 0 aliphatic heterocycles. The average molecular weight is 314 g/mol. The molecule has 0 amide bonds. The van der Waals surface area contributed by atoms with E-state index in [9.17, 15) is 17.6 Å². The molecule has 0 aliphatic carbocycles. The quantitative estimate of drug-likeness (QED) is 0.673. The molecule has 1 aromatic rings. The van der Waals surface area contributed by atoms with Crippen molar-refractivity contribution in [2.24, 2.45) is 0 Å². The molecule has 0 unspecified atom stereocenters. The molecule has 0 saturated carbocycles. The smallest absolute Gasteiger partial charge is 0.324 e. The van der Waals surface area contributed by atoms with Gasteiger partial charge in [0.05, 0.1) is 6.54 Å². The fourth-order valence-electron chi connectivity index (χ4n) is 1.28. The molecule has 20 heavy (non-hydrogen) atoms. The molecular formula is C12H16ClF4N3. The van der Waals surface area contributed by atoms with Crippen molar-refractivity contribution >= 4 is 17.4 Å². The number of anilines is 1. The van der Waals surface area contributed by atoms with Gasteiger partial charge in [0.25, 0.3) is 0 Å². The van der Waals surface area contributed by atoms with Crippen LogP contribution in [-0.4, -0.2) is 28.9 Å². The number of nitrogens with one attached hydrogen (secondary N) is 1. The lowest BCUT2D eigenvalue weighted by Gasteiger charge is -2.21. The lowest BCUT2D eigenvalue weighted by atomic mass is 9.95. The number of halogens is 5. The second kappa shape index (κ2) is 5.71. The Morgan fingerprint density at radius 3 is 2.20 bits per heavy atom. The molecule has 1 heterocycles. The minimum absolute atomic E-state index is 0.0373. The molecule has 0 bridgehead atoms. The molecule has 1 rings (SSSR count). The molecule has 0 atom stereocenters. The van der Waals surface area contributed by atoms with Gasteiger partial charge in [-0.3, -0.25) is 0 Å². The van der Waals surface area contributed by atoms with Crippen molar-refractivity contribution in [2.45, 2.75) is 45.5 Å². The predicted molar refractivity (Wildman–Crippen MR) is 69.9 cm³/mol. The van der Waals surface area contributed by atoms with Crippen molar-refractivity contribution in [3.8, 4) is 0 Å². The van der Waals surface area contributed by atoms with Crippen molar-refractivity contribution in [1.29, 1.82) is 0 Å². The molecule has 0 fully saturated rings. The van der Waals surface area contributed by atoms with Crippen molar-refractivity contribution < 1.29 is 17.6 Å². The zero-order valence-corrected chi connectivity index (χ0v) is 12.3. The van der Waals surface area contributed by atoms with E-state index in [4.69, 9.17) is 11.6 Å². The summed E-state index contributed by atoms with van der Waals surface area (Å²) in [5.74, 6) is -3.75. The van der Waals surface area contributed by atoms with Crippen molar-refractivity contribution in [2.75, 3.05) is 11.9 Å². The van der Waals surface area contributed by atoms with Crippen LogP contribution in [0, 0.1) is 6.92 Å². The van der Waals surface area contributed by atoms with E-state index in [0.29, 0.717) is 11.4 Å². The highest BCUT2D eigenvalue weighted by molar-refractivity contribution is 6.30. The van der Waals surface area contributed by atoms with Crippen LogP contribution >= 0.6 is 11.6 Å². The zero-order valence-electron chi connectivity index (χ0n) is 11.6. The first kappa shape index (κ1) is 16.9. The van der Waals surface area contributed by atoms with E-state index in [1.165, 1.54) is 6.92 Å². The van der Waals surface area contributed by atoms with Crippen LogP contribution in [0.3, 0.4) is 0 Å². The lowest BCUT2D eigenvalue weighted by Crippen LogP contribution is -2.35. The molecule has 0 saturated heterocycles. The van der Waals surface area contributed by atoms with Crippen LogP contribution in [0.5, 0.6) is 0 Å². The predicted octanol–water partition coefficient (Wildman–Crippen LogP) is 4.05. The third-order valence-corrected chi connectivity index (χ3v) is 2.94. The van der Waals surface area contributed by atoms with Crippen molar-refractivity contribution in [1.82, 2.24) is 9.97 Å². The molecule has 3 nitrogen and oxygen atoms in total. The maximum Gasteiger partial charge on any atom is 0.324 e. The number of alkyl halides is 4. The van der Waals surface area contributed by atoms with Gasteiger partial charge < -0.3 is 5.32 Å². The maximum absolute atomic E-state index is 12.9. The number of aromatic nitrogens is 2. The van der Waals surface area contributed by atoms with E-state index in [1.807, 2.05) is 20.8 Å². The van der Waals surface area contributed by atoms with E-state index in [-0.39, 0.29) is 11.0 Å². The third kappa shape index (κ3) is 3.94. The molecule has 0 spiro atoms. The van der Waals surface area contributed by atoms with Gasteiger partial charge in [0.1, 0.15) is 16.8 Å². The van der Waals surface area contributed by atoms with Crippen LogP contribution in [0.25, 0.3) is 0 Å². The number of nitrogens with zero attached hydrogens (tertiary/aromatic N) is 2. The van der Waals surface area contributed by atoms with Gasteiger partial charge in [-0.2, -0.15) is 8.78 Å². The minimum Gasteiger partial charge on any atom is -0.363 e. The molecule has 114 valence electrons. The summed E-state index contributed by atoms with van der Waals surface area (Å²) in [4.78, 5) is 8.14. The fourth-order valence-corrected chi connectivity index (χ4v) is 1.45. The van der Waals surface area contributed by atoms with Gasteiger partial charge in [0.15, 0.2) is 0 Å². The normalized spacial score (nSPS) is 12.9. The van der Waals surface area contributed by atoms with Gasteiger partial charge in [-0.05, 0) is 6.92 Å². The summed E-state index contributed by atoms with van der Waals surface area (Å²) in [7, 11) is 0. The van der Waals surface area contributed by atoms with Crippen LogP contribution < -0.4 is 5.32 Å². The highest BCUT2D eigenvalue weighted by Crippen LogP contribution is 2.28. The van der Waals surface area contributed by atoms with E-state index >= 15 is 0 Å². The highest BCUT2D eigenvalue weighted by atomic mass is 35.5. The summed E-state index contributed by atoms with van der Waals surface area (Å²) >= 11 is 5.91. The van der Waals surface area contributed by atoms with E-state index in [1.54, 1.807) is 0 Å². The zero-order chi connectivity index (χ0) is 15.7. The summed E-state index contributed by atoms with van der Waals surface area (Å²) in [5, 5.41) is 2.33. The fraction of sp³-hybridized carbons (Fsp3) is 0.667. The van der Waals surface area contributed by atoms with Gasteiger partial charge in [0, 0.05) is 11.0 Å². The Bertz CT molecular complexity index is 486. The van der Waals surface area contributed by atoms with Gasteiger partial charge >= 0.3 is 12.3 Å². The van der Waals surface area contributed by atoms with Gasteiger partial charge in [-0.1, -0.05) is 32.4 Å². The van der Waals surface area contributed by atoms with Crippen LogP contribution in [-0.2, 0) is 5.41 Å². The Kier molecular flexibility index (Phi) is 4.84. The highest BCUT2D eigenvalue weighted by Gasteiger charge is 2.40. The second-order valence-corrected chi connectivity index (χ2v) is 5.83. The van der Waals surface area contributed by atoms with Gasteiger partial charge in [-0.25, -0.2) is 18.7 Å². The van der Waals surface area contributed by atoms with Crippen LogP contribution in [0.2, 0.25) is 5.15 Å². The maximum atomic E-state index is 12.9. The molecule has 0 aliphatic rings. The van der Waals surface area contributed by atoms with Crippen molar-refractivity contribution in [3.63, 3.8) is 0 Å². The standard InChI is InChI=1S/C12H16ClF4N3/c1-6-7(13)19-10(11(2,3)4)20-8(6)18-5-12(16,17)9(14)15/h9H,5H2,1-4H3,(H,18,19,20). The topological polar surface area (TPSA) is 37.8 Å². The Morgan fingerprint density at radius 2 is 1.75 bits per heavy atom. The van der Waals surface area contributed by atoms with Crippen molar-refractivity contribution in [3.05, 3.63) is 16.5 Å². The summed E-state index contributed by atoms with van der Waals surface area (Å²) in [6.07, 6.45) is -3.74. The Morgan fingerprint density at radius 1 is 1.20 bits per heavy atom. The van der Waals surface area contributed by atoms with Gasteiger partial charge in [0.2, 0.25) is 0 Å². The SMILES string of the molecule is Cc1c(Cl)nc(C(C)(C)C)nc1NCC(F)(F)C(F)F. The second-order valence-electron chi connectivity index (χ2n) is 5.48. The summed E-state index contributed by atoms with van der Waals surface area (Å²) in [6.45, 7) is 5.78. The Labute approximate surface area is 119 Å². The van der Waals surface area contributed by atoms with Gasteiger partial charge in [-0.15, -0.1) is 0 Å². The first-order chi connectivity index (χ1) is 8.95. The van der Waals surface area contributed by atoms with E-state index < -0.39 is 24.3 Å². The first-order valence-electron chi connectivity index (χ1n) is 5.89. The summed E-state index contributed by atoms with van der Waals surface area (Å²) in [6, 6.07) is 0. The number of hydrogen-bond acceptors (Lipinski definition) is 3. The summed E-state index contributed by atoms with van der Waals surface area (Å²) in [5.41, 5.74) is -0.108. The summed E-state index contributed by atoms with van der Waals surface area (Å²) < 4.78 is 50.0. The third-order valence-electron chi connectivity index (χ3n) is 2.57. The van der Waals surface area contributed by atoms with E-state index in [0.717, 1.165) is 0 Å². The molecule has 1 aromatic heterocycles. The average Bonchev–Trinajstić information content (AvgIpc) is 2.29. The minimum atomic E-state index is -4.13. The molecule has 8 heteroatoms. The monoisotopic (exact) mass is 313 g/mol. The first-order valence-corrected chi connectivity index (χ1v) is 6.27. The molecule has 1 N–H and O–H groups in total.